The lowest BCUT2D eigenvalue weighted by atomic mass is 10.2. The molecule has 2 heteroatoms. The summed E-state index contributed by atoms with van der Waals surface area (Å²) in [5.41, 5.74) is 0. The quantitative estimate of drug-likeness (QED) is 0.581. The van der Waals surface area contributed by atoms with Crippen LogP contribution in [0.15, 0.2) is 12.2 Å². The number of carbonyl (C=O) groups excluding carboxylic acids is 1. The molecular weight excluding hydrogens is 126 g/mol. The third kappa shape index (κ3) is 5.51. The molecule has 0 unspecified atom stereocenters. The van der Waals surface area contributed by atoms with E-state index in [1.165, 1.54) is 0 Å². The zero-order chi connectivity index (χ0) is 7.82. The molecular formula is C8H15NO. The highest BCUT2D eigenvalue weighted by Crippen LogP contribution is 1.89. The Morgan fingerprint density at radius 1 is 1.60 bits per heavy atom. The SMILES string of the molecule is CCCC(=O)/C=C/CNC. The molecule has 0 saturated heterocycles. The van der Waals surface area contributed by atoms with Gasteiger partial charge in [0, 0.05) is 13.0 Å². The summed E-state index contributed by atoms with van der Waals surface area (Å²) >= 11 is 0. The van der Waals surface area contributed by atoms with Crippen LogP contribution in [0.2, 0.25) is 0 Å². The van der Waals surface area contributed by atoms with E-state index in [0.29, 0.717) is 6.42 Å². The highest BCUT2D eigenvalue weighted by molar-refractivity contribution is 5.89. The average molecular weight is 141 g/mol. The Morgan fingerprint density at radius 2 is 2.30 bits per heavy atom. The third-order valence-corrected chi connectivity index (χ3v) is 1.12. The van der Waals surface area contributed by atoms with Gasteiger partial charge in [0.1, 0.15) is 0 Å². The van der Waals surface area contributed by atoms with E-state index in [4.69, 9.17) is 0 Å². The Labute approximate surface area is 62.3 Å². The number of rotatable bonds is 5. The number of carbonyl (C=O) groups is 1. The number of ketones is 1. The van der Waals surface area contributed by atoms with Crippen LogP contribution in [0.25, 0.3) is 0 Å². The fourth-order valence-corrected chi connectivity index (χ4v) is 0.638. The fourth-order valence-electron chi connectivity index (χ4n) is 0.638. The van der Waals surface area contributed by atoms with Crippen LogP contribution in [0, 0.1) is 0 Å². The zero-order valence-electron chi connectivity index (χ0n) is 6.68. The fraction of sp³-hybridized carbons (Fsp3) is 0.625. The molecule has 0 spiro atoms. The molecule has 0 saturated carbocycles. The van der Waals surface area contributed by atoms with Gasteiger partial charge >= 0.3 is 0 Å². The number of allylic oxidation sites excluding steroid dienone is 1. The van der Waals surface area contributed by atoms with Crippen molar-refractivity contribution in [2.75, 3.05) is 13.6 Å². The first kappa shape index (κ1) is 9.37. The lowest BCUT2D eigenvalue weighted by Gasteiger charge is -1.89. The molecule has 0 atom stereocenters. The van der Waals surface area contributed by atoms with Gasteiger partial charge in [0.15, 0.2) is 5.78 Å². The van der Waals surface area contributed by atoms with Gasteiger partial charge in [-0.15, -0.1) is 0 Å². The van der Waals surface area contributed by atoms with E-state index < -0.39 is 0 Å². The number of likely N-dealkylation sites (N-methyl/N-ethyl adjacent to an activating group) is 1. The summed E-state index contributed by atoms with van der Waals surface area (Å²) in [6.45, 7) is 2.78. The van der Waals surface area contributed by atoms with Gasteiger partial charge in [-0.3, -0.25) is 4.79 Å². The minimum atomic E-state index is 0.220. The first-order valence-electron chi connectivity index (χ1n) is 3.65. The average Bonchev–Trinajstić information content (AvgIpc) is 1.89. The van der Waals surface area contributed by atoms with E-state index in [1.807, 2.05) is 20.0 Å². The Kier molecular flexibility index (Phi) is 6.08. The summed E-state index contributed by atoms with van der Waals surface area (Å²) in [6, 6.07) is 0. The predicted molar refractivity (Wildman–Crippen MR) is 43.0 cm³/mol. The van der Waals surface area contributed by atoms with E-state index in [2.05, 4.69) is 5.32 Å². The van der Waals surface area contributed by atoms with Crippen molar-refractivity contribution in [3.8, 4) is 0 Å². The van der Waals surface area contributed by atoms with E-state index >= 15 is 0 Å². The van der Waals surface area contributed by atoms with Crippen molar-refractivity contribution in [3.63, 3.8) is 0 Å². The van der Waals surface area contributed by atoms with Crippen LogP contribution >= 0.6 is 0 Å². The highest BCUT2D eigenvalue weighted by atomic mass is 16.1. The van der Waals surface area contributed by atoms with Crippen LogP contribution in [-0.4, -0.2) is 19.4 Å². The van der Waals surface area contributed by atoms with E-state index in [0.717, 1.165) is 13.0 Å². The van der Waals surface area contributed by atoms with Gasteiger partial charge in [-0.25, -0.2) is 0 Å². The Morgan fingerprint density at radius 3 is 2.80 bits per heavy atom. The summed E-state index contributed by atoms with van der Waals surface area (Å²) in [5, 5.41) is 2.93. The third-order valence-electron chi connectivity index (χ3n) is 1.12. The second-order valence-electron chi connectivity index (χ2n) is 2.18. The monoisotopic (exact) mass is 141 g/mol. The Hall–Kier alpha value is -0.630. The van der Waals surface area contributed by atoms with Gasteiger partial charge in [0.2, 0.25) is 0 Å². The highest BCUT2D eigenvalue weighted by Gasteiger charge is 1.90. The maximum Gasteiger partial charge on any atom is 0.155 e. The summed E-state index contributed by atoms with van der Waals surface area (Å²) in [7, 11) is 1.86. The molecule has 0 heterocycles. The maximum absolute atomic E-state index is 10.8. The minimum absolute atomic E-state index is 0.220. The van der Waals surface area contributed by atoms with Gasteiger partial charge in [-0.1, -0.05) is 13.0 Å². The van der Waals surface area contributed by atoms with Crippen molar-refractivity contribution in [2.24, 2.45) is 0 Å². The van der Waals surface area contributed by atoms with Gasteiger partial charge < -0.3 is 5.32 Å². The van der Waals surface area contributed by atoms with Crippen LogP contribution in [-0.2, 0) is 4.79 Å². The van der Waals surface area contributed by atoms with Crippen molar-refractivity contribution < 1.29 is 4.79 Å². The van der Waals surface area contributed by atoms with Gasteiger partial charge in [0.05, 0.1) is 0 Å². The first-order chi connectivity index (χ1) is 4.81. The van der Waals surface area contributed by atoms with Crippen LogP contribution in [0.4, 0.5) is 0 Å². The molecule has 0 rings (SSSR count). The second-order valence-corrected chi connectivity index (χ2v) is 2.18. The molecule has 0 aliphatic heterocycles. The molecule has 10 heavy (non-hydrogen) atoms. The topological polar surface area (TPSA) is 29.1 Å². The largest absolute Gasteiger partial charge is 0.316 e. The lowest BCUT2D eigenvalue weighted by molar-refractivity contribution is -0.114. The molecule has 0 aromatic rings. The van der Waals surface area contributed by atoms with Crippen LogP contribution in [0.3, 0.4) is 0 Å². The molecule has 0 aliphatic rings. The van der Waals surface area contributed by atoms with E-state index in [9.17, 15) is 4.79 Å². The van der Waals surface area contributed by atoms with Crippen molar-refractivity contribution in [3.05, 3.63) is 12.2 Å². The van der Waals surface area contributed by atoms with Crippen molar-refractivity contribution in [1.82, 2.24) is 5.32 Å². The van der Waals surface area contributed by atoms with Gasteiger partial charge in [0.25, 0.3) is 0 Å². The van der Waals surface area contributed by atoms with Gasteiger partial charge in [-0.05, 0) is 19.5 Å². The zero-order valence-corrected chi connectivity index (χ0v) is 6.68. The standard InChI is InChI=1S/C8H15NO/c1-3-5-8(10)6-4-7-9-2/h4,6,9H,3,5,7H2,1-2H3/b6-4+. The molecule has 0 aromatic heterocycles. The van der Waals surface area contributed by atoms with Crippen molar-refractivity contribution >= 4 is 5.78 Å². The number of hydrogen-bond donors (Lipinski definition) is 1. The molecule has 0 aromatic carbocycles. The molecule has 2 nitrogen and oxygen atoms in total. The number of hydrogen-bond acceptors (Lipinski definition) is 2. The maximum atomic E-state index is 10.8. The molecule has 58 valence electrons. The minimum Gasteiger partial charge on any atom is -0.316 e. The van der Waals surface area contributed by atoms with Crippen LogP contribution < -0.4 is 5.32 Å². The predicted octanol–water partition coefficient (Wildman–Crippen LogP) is 1.13. The Balaban J connectivity index is 3.36. The summed E-state index contributed by atoms with van der Waals surface area (Å²) < 4.78 is 0. The van der Waals surface area contributed by atoms with Gasteiger partial charge in [-0.2, -0.15) is 0 Å². The molecule has 0 bridgehead atoms. The molecule has 1 N–H and O–H groups in total. The smallest absolute Gasteiger partial charge is 0.155 e. The summed E-state index contributed by atoms with van der Waals surface area (Å²) in [4.78, 5) is 10.8. The van der Waals surface area contributed by atoms with Crippen molar-refractivity contribution in [1.29, 1.82) is 0 Å². The second kappa shape index (κ2) is 6.49. The lowest BCUT2D eigenvalue weighted by Crippen LogP contribution is -2.04. The van der Waals surface area contributed by atoms with Crippen LogP contribution in [0.5, 0.6) is 0 Å². The molecule has 0 radical (unpaired) electrons. The molecule has 0 amide bonds. The van der Waals surface area contributed by atoms with E-state index in [1.54, 1.807) is 6.08 Å². The normalized spacial score (nSPS) is 10.6. The van der Waals surface area contributed by atoms with Crippen molar-refractivity contribution in [2.45, 2.75) is 19.8 Å². The molecule has 0 fully saturated rings. The van der Waals surface area contributed by atoms with E-state index in [-0.39, 0.29) is 5.78 Å². The van der Waals surface area contributed by atoms with Crippen LogP contribution in [0.1, 0.15) is 19.8 Å². The first-order valence-corrected chi connectivity index (χ1v) is 3.65. The molecule has 0 aliphatic carbocycles. The summed E-state index contributed by atoms with van der Waals surface area (Å²) in [5.74, 6) is 0.220. The Bertz CT molecular complexity index is 118. The number of nitrogens with one attached hydrogen (secondary N) is 1. The summed E-state index contributed by atoms with van der Waals surface area (Å²) in [6.07, 6.45) is 5.08.